The van der Waals surface area contributed by atoms with Crippen LogP contribution in [0.15, 0.2) is 0 Å². The highest BCUT2D eigenvalue weighted by Gasteiger charge is 2.12. The van der Waals surface area contributed by atoms with Crippen molar-refractivity contribution in [2.45, 2.75) is 32.1 Å². The fourth-order valence-electron chi connectivity index (χ4n) is 1.64. The average Bonchev–Trinajstić information content (AvgIpc) is 2.03. The summed E-state index contributed by atoms with van der Waals surface area (Å²) in [6, 6.07) is 0. The smallest absolute Gasteiger partial charge is 0.207 e. The summed E-state index contributed by atoms with van der Waals surface area (Å²) >= 11 is 0. The van der Waals surface area contributed by atoms with Crippen molar-refractivity contribution in [3.8, 4) is 0 Å². The summed E-state index contributed by atoms with van der Waals surface area (Å²) in [5.41, 5.74) is 6.87. The van der Waals surface area contributed by atoms with Crippen LogP contribution in [0.5, 0.6) is 0 Å². The van der Waals surface area contributed by atoms with Gasteiger partial charge in [-0.15, -0.1) is 0 Å². The Labute approximate surface area is 67.9 Å². The van der Waals surface area contributed by atoms with Crippen LogP contribution in [-0.2, 0) is 0 Å². The number of hydrogen-bond donors (Lipinski definition) is 2. The fraction of sp³-hybridized carbons (Fsp3) is 0.875. The number of nitrogens with one attached hydrogen (secondary N) is 3. The fourth-order valence-corrected chi connectivity index (χ4v) is 1.64. The van der Waals surface area contributed by atoms with Gasteiger partial charge in [0.1, 0.15) is 0 Å². The van der Waals surface area contributed by atoms with Gasteiger partial charge in [-0.05, 0) is 18.8 Å². The van der Waals surface area contributed by atoms with E-state index in [1.165, 1.54) is 32.1 Å². The first kappa shape index (κ1) is 8.37. The quantitative estimate of drug-likeness (QED) is 0.458. The van der Waals surface area contributed by atoms with Crippen molar-refractivity contribution >= 4 is 5.96 Å². The number of hydrogen-bond acceptors (Lipinski definition) is 1. The van der Waals surface area contributed by atoms with Gasteiger partial charge >= 0.3 is 0 Å². The number of rotatable bonds is 2. The van der Waals surface area contributed by atoms with Gasteiger partial charge in [-0.25, -0.2) is 0 Å². The summed E-state index contributed by atoms with van der Waals surface area (Å²) in [6.45, 7) is 0.836. The van der Waals surface area contributed by atoms with Crippen molar-refractivity contribution in [3.63, 3.8) is 0 Å². The molecule has 0 aromatic heterocycles. The molecule has 0 saturated heterocycles. The molecule has 0 spiro atoms. The summed E-state index contributed by atoms with van der Waals surface area (Å²) in [6.07, 6.45) is 6.59. The SMILES string of the molecule is [NH]C(=N)NCC1CCCCC1. The Kier molecular flexibility index (Phi) is 3.20. The van der Waals surface area contributed by atoms with Gasteiger partial charge in [0.15, 0.2) is 0 Å². The lowest BCUT2D eigenvalue weighted by molar-refractivity contribution is 0.356. The monoisotopic (exact) mass is 154 g/mol. The lowest BCUT2D eigenvalue weighted by atomic mass is 9.89. The van der Waals surface area contributed by atoms with Gasteiger partial charge in [0.2, 0.25) is 5.96 Å². The summed E-state index contributed by atoms with van der Waals surface area (Å²) in [5.74, 6) is 0.574. The zero-order chi connectivity index (χ0) is 8.10. The van der Waals surface area contributed by atoms with Crippen LogP contribution in [0.25, 0.3) is 0 Å². The molecule has 3 heteroatoms. The standard InChI is InChI=1S/C8H16N3/c9-8(10)11-6-7-4-2-1-3-5-7/h7,9H,1-6H2,(H2,10,11). The molecular weight excluding hydrogens is 138 g/mol. The average molecular weight is 154 g/mol. The predicted molar refractivity (Wildman–Crippen MR) is 45.4 cm³/mol. The molecule has 1 aliphatic rings. The lowest BCUT2D eigenvalue weighted by Crippen LogP contribution is -2.30. The highest BCUT2D eigenvalue weighted by molar-refractivity contribution is 5.73. The minimum atomic E-state index is -0.143. The molecule has 1 aliphatic carbocycles. The molecule has 1 rings (SSSR count). The third kappa shape index (κ3) is 3.25. The van der Waals surface area contributed by atoms with Crippen LogP contribution >= 0.6 is 0 Å². The summed E-state index contributed by atoms with van der Waals surface area (Å²) in [5, 5.41) is 9.63. The second-order valence-corrected chi connectivity index (χ2v) is 3.26. The molecule has 3 nitrogen and oxygen atoms in total. The molecule has 0 bridgehead atoms. The second-order valence-electron chi connectivity index (χ2n) is 3.26. The second kappa shape index (κ2) is 4.21. The highest BCUT2D eigenvalue weighted by atomic mass is 15.0. The number of guanidine groups is 1. The Balaban J connectivity index is 2.09. The first-order chi connectivity index (χ1) is 5.29. The Bertz CT molecular complexity index is 127. The Morgan fingerprint density at radius 2 is 1.91 bits per heavy atom. The molecule has 0 amide bonds. The molecule has 11 heavy (non-hydrogen) atoms. The third-order valence-corrected chi connectivity index (χ3v) is 2.29. The lowest BCUT2D eigenvalue weighted by Gasteiger charge is -2.21. The van der Waals surface area contributed by atoms with Crippen LogP contribution in [0.1, 0.15) is 32.1 Å². The van der Waals surface area contributed by atoms with Gasteiger partial charge in [-0.3, -0.25) is 11.1 Å². The minimum Gasteiger partial charge on any atom is -0.355 e. The van der Waals surface area contributed by atoms with Gasteiger partial charge in [-0.1, -0.05) is 19.3 Å². The minimum absolute atomic E-state index is 0.143. The largest absolute Gasteiger partial charge is 0.355 e. The van der Waals surface area contributed by atoms with E-state index in [0.717, 1.165) is 12.5 Å². The molecule has 0 aromatic carbocycles. The molecule has 3 N–H and O–H groups in total. The van der Waals surface area contributed by atoms with Crippen LogP contribution in [0.3, 0.4) is 0 Å². The molecule has 0 heterocycles. The summed E-state index contributed by atoms with van der Waals surface area (Å²) < 4.78 is 0. The zero-order valence-electron chi connectivity index (χ0n) is 6.82. The first-order valence-corrected chi connectivity index (χ1v) is 4.33. The van der Waals surface area contributed by atoms with E-state index >= 15 is 0 Å². The molecule has 1 fully saturated rings. The first-order valence-electron chi connectivity index (χ1n) is 4.33. The summed E-state index contributed by atoms with van der Waals surface area (Å²) in [7, 11) is 0. The maximum absolute atomic E-state index is 6.87. The maximum Gasteiger partial charge on any atom is 0.207 e. The normalized spacial score (nSPS) is 19.6. The Hall–Kier alpha value is -0.730. The van der Waals surface area contributed by atoms with Gasteiger partial charge in [0.05, 0.1) is 0 Å². The Morgan fingerprint density at radius 3 is 2.45 bits per heavy atom. The van der Waals surface area contributed by atoms with E-state index < -0.39 is 0 Å². The van der Waals surface area contributed by atoms with Crippen molar-refractivity contribution in [1.29, 1.82) is 5.41 Å². The van der Waals surface area contributed by atoms with Crippen LogP contribution in [0.2, 0.25) is 0 Å². The van der Waals surface area contributed by atoms with E-state index in [4.69, 9.17) is 11.1 Å². The molecule has 0 aliphatic heterocycles. The van der Waals surface area contributed by atoms with E-state index in [9.17, 15) is 0 Å². The molecular formula is C8H16N3. The van der Waals surface area contributed by atoms with Crippen LogP contribution in [-0.4, -0.2) is 12.5 Å². The molecule has 0 aromatic rings. The van der Waals surface area contributed by atoms with E-state index in [0.29, 0.717) is 0 Å². The maximum atomic E-state index is 6.87. The highest BCUT2D eigenvalue weighted by Crippen LogP contribution is 2.22. The van der Waals surface area contributed by atoms with Crippen molar-refractivity contribution in [3.05, 3.63) is 0 Å². The van der Waals surface area contributed by atoms with Crippen molar-refractivity contribution in [2.75, 3.05) is 6.54 Å². The van der Waals surface area contributed by atoms with Gasteiger partial charge < -0.3 is 5.32 Å². The topological polar surface area (TPSA) is 59.7 Å². The third-order valence-electron chi connectivity index (χ3n) is 2.29. The molecule has 1 saturated carbocycles. The van der Waals surface area contributed by atoms with Crippen molar-refractivity contribution < 1.29 is 0 Å². The van der Waals surface area contributed by atoms with Crippen LogP contribution in [0, 0.1) is 11.3 Å². The van der Waals surface area contributed by atoms with Crippen LogP contribution < -0.4 is 11.1 Å². The van der Waals surface area contributed by atoms with Crippen molar-refractivity contribution in [1.82, 2.24) is 11.1 Å². The van der Waals surface area contributed by atoms with E-state index in [-0.39, 0.29) is 5.96 Å². The van der Waals surface area contributed by atoms with Crippen molar-refractivity contribution in [2.24, 2.45) is 5.92 Å². The molecule has 63 valence electrons. The predicted octanol–water partition coefficient (Wildman–Crippen LogP) is 1.37. The van der Waals surface area contributed by atoms with Crippen LogP contribution in [0.4, 0.5) is 0 Å². The van der Waals surface area contributed by atoms with E-state index in [2.05, 4.69) is 5.32 Å². The molecule has 0 unspecified atom stereocenters. The van der Waals surface area contributed by atoms with Gasteiger partial charge in [0.25, 0.3) is 0 Å². The van der Waals surface area contributed by atoms with E-state index in [1.807, 2.05) is 0 Å². The van der Waals surface area contributed by atoms with Gasteiger partial charge in [0, 0.05) is 6.54 Å². The summed E-state index contributed by atoms with van der Waals surface area (Å²) in [4.78, 5) is 0. The molecule has 1 radical (unpaired) electrons. The molecule has 0 atom stereocenters. The Morgan fingerprint density at radius 1 is 1.27 bits per heavy atom. The zero-order valence-corrected chi connectivity index (χ0v) is 6.82. The van der Waals surface area contributed by atoms with E-state index in [1.54, 1.807) is 0 Å². The van der Waals surface area contributed by atoms with Gasteiger partial charge in [-0.2, -0.15) is 0 Å².